The average molecular weight is 209 g/mol. The molecule has 2 rings (SSSR count). The van der Waals surface area contributed by atoms with Crippen LogP contribution in [0.2, 0.25) is 5.02 Å². The summed E-state index contributed by atoms with van der Waals surface area (Å²) in [5.41, 5.74) is 8.12. The molecule has 2 N–H and O–H groups in total. The molecule has 0 aliphatic carbocycles. The van der Waals surface area contributed by atoms with Crippen molar-refractivity contribution in [2.24, 2.45) is 0 Å². The quantitative estimate of drug-likeness (QED) is 0.784. The number of nitrogens with zero attached hydrogens (tertiary/aromatic N) is 1. The minimum Gasteiger partial charge on any atom is -0.368 e. The van der Waals surface area contributed by atoms with Crippen LogP contribution in [0.15, 0.2) is 28.8 Å². The number of anilines is 1. The van der Waals surface area contributed by atoms with Crippen LogP contribution in [0.5, 0.6) is 0 Å². The first-order chi connectivity index (χ1) is 6.65. The van der Waals surface area contributed by atoms with E-state index in [1.54, 1.807) is 6.07 Å². The van der Waals surface area contributed by atoms with Crippen LogP contribution in [0.1, 0.15) is 5.56 Å². The van der Waals surface area contributed by atoms with E-state index in [2.05, 4.69) is 5.16 Å². The Labute approximate surface area is 86.5 Å². The molecular weight excluding hydrogens is 200 g/mol. The van der Waals surface area contributed by atoms with Gasteiger partial charge in [-0.1, -0.05) is 16.8 Å². The van der Waals surface area contributed by atoms with Gasteiger partial charge in [0.05, 0.1) is 0 Å². The van der Waals surface area contributed by atoms with Crippen LogP contribution in [-0.2, 0) is 0 Å². The number of hydrogen-bond donors (Lipinski definition) is 1. The van der Waals surface area contributed by atoms with Gasteiger partial charge in [-0.05, 0) is 30.7 Å². The number of benzene rings is 1. The lowest BCUT2D eigenvalue weighted by atomic mass is 10.1. The number of hydrogen-bond acceptors (Lipinski definition) is 3. The van der Waals surface area contributed by atoms with E-state index in [9.17, 15) is 0 Å². The second kappa shape index (κ2) is 3.35. The van der Waals surface area contributed by atoms with Crippen LogP contribution in [0.25, 0.3) is 11.3 Å². The van der Waals surface area contributed by atoms with Crippen molar-refractivity contribution in [1.82, 2.24) is 5.16 Å². The highest BCUT2D eigenvalue weighted by Gasteiger charge is 2.05. The van der Waals surface area contributed by atoms with Crippen molar-refractivity contribution in [2.45, 2.75) is 6.92 Å². The average Bonchev–Trinajstić information content (AvgIpc) is 2.50. The third kappa shape index (κ3) is 1.72. The Hall–Kier alpha value is -1.48. The second-order valence-electron chi connectivity index (χ2n) is 3.13. The van der Waals surface area contributed by atoms with Crippen LogP contribution in [0.4, 0.5) is 5.88 Å². The minimum atomic E-state index is 0.303. The number of aryl methyl sites for hydroxylation is 1. The van der Waals surface area contributed by atoms with E-state index < -0.39 is 0 Å². The van der Waals surface area contributed by atoms with Crippen LogP contribution in [0.3, 0.4) is 0 Å². The summed E-state index contributed by atoms with van der Waals surface area (Å²) in [6.45, 7) is 1.97. The van der Waals surface area contributed by atoms with Gasteiger partial charge in [-0.15, -0.1) is 0 Å². The van der Waals surface area contributed by atoms with E-state index in [0.29, 0.717) is 16.6 Å². The number of nitrogen functional groups attached to an aromatic ring is 1. The van der Waals surface area contributed by atoms with Gasteiger partial charge in [-0.2, -0.15) is 0 Å². The van der Waals surface area contributed by atoms with Crippen molar-refractivity contribution < 1.29 is 4.52 Å². The van der Waals surface area contributed by atoms with E-state index in [1.807, 2.05) is 25.1 Å². The molecule has 1 aromatic carbocycles. The molecule has 14 heavy (non-hydrogen) atoms. The molecule has 0 aliphatic rings. The summed E-state index contributed by atoms with van der Waals surface area (Å²) in [5, 5.41) is 4.49. The Kier molecular flexibility index (Phi) is 2.17. The van der Waals surface area contributed by atoms with E-state index in [4.69, 9.17) is 21.9 Å². The minimum absolute atomic E-state index is 0.303. The maximum Gasteiger partial charge on any atom is 0.222 e. The van der Waals surface area contributed by atoms with Gasteiger partial charge in [0.15, 0.2) is 0 Å². The summed E-state index contributed by atoms with van der Waals surface area (Å²) in [5.74, 6) is 0.303. The first-order valence-corrected chi connectivity index (χ1v) is 4.53. The fourth-order valence-electron chi connectivity index (χ4n) is 1.31. The lowest BCUT2D eigenvalue weighted by molar-refractivity contribution is 0.439. The van der Waals surface area contributed by atoms with Gasteiger partial charge in [0, 0.05) is 16.7 Å². The van der Waals surface area contributed by atoms with Crippen LogP contribution in [0, 0.1) is 6.92 Å². The fraction of sp³-hybridized carbons (Fsp3) is 0.100. The van der Waals surface area contributed by atoms with Crippen molar-refractivity contribution in [3.8, 4) is 11.3 Å². The normalized spacial score (nSPS) is 10.4. The van der Waals surface area contributed by atoms with Crippen molar-refractivity contribution in [3.63, 3.8) is 0 Å². The highest BCUT2D eigenvalue weighted by atomic mass is 35.5. The number of aromatic nitrogens is 1. The maximum atomic E-state index is 5.92. The van der Waals surface area contributed by atoms with Gasteiger partial charge in [-0.3, -0.25) is 0 Å². The summed E-state index contributed by atoms with van der Waals surface area (Å²) >= 11 is 5.92. The van der Waals surface area contributed by atoms with Gasteiger partial charge in [-0.25, -0.2) is 0 Å². The highest BCUT2D eigenvalue weighted by Crippen LogP contribution is 2.24. The Morgan fingerprint density at radius 2 is 2.07 bits per heavy atom. The SMILES string of the molecule is Cc1cc(Cl)cc(-c2cc(N)on2)c1. The third-order valence-corrected chi connectivity index (χ3v) is 2.08. The van der Waals surface area contributed by atoms with Gasteiger partial charge in [0.1, 0.15) is 5.69 Å². The first-order valence-electron chi connectivity index (χ1n) is 4.15. The molecule has 2 aromatic rings. The van der Waals surface area contributed by atoms with E-state index >= 15 is 0 Å². The highest BCUT2D eigenvalue weighted by molar-refractivity contribution is 6.30. The van der Waals surface area contributed by atoms with E-state index in [0.717, 1.165) is 11.1 Å². The zero-order valence-corrected chi connectivity index (χ0v) is 8.38. The Bertz CT molecular complexity index is 445. The van der Waals surface area contributed by atoms with Crippen molar-refractivity contribution in [2.75, 3.05) is 5.73 Å². The van der Waals surface area contributed by atoms with Gasteiger partial charge < -0.3 is 10.3 Å². The summed E-state index contributed by atoms with van der Waals surface area (Å²) < 4.78 is 4.78. The molecule has 1 aromatic heterocycles. The molecule has 0 bridgehead atoms. The molecule has 1 heterocycles. The smallest absolute Gasteiger partial charge is 0.222 e. The molecular formula is C10H9ClN2O. The molecule has 0 saturated carbocycles. The summed E-state index contributed by atoms with van der Waals surface area (Å²) in [7, 11) is 0. The largest absolute Gasteiger partial charge is 0.368 e. The monoisotopic (exact) mass is 208 g/mol. The first kappa shape index (κ1) is 9.09. The van der Waals surface area contributed by atoms with Crippen LogP contribution >= 0.6 is 11.6 Å². The van der Waals surface area contributed by atoms with Crippen molar-refractivity contribution in [3.05, 3.63) is 34.9 Å². The Balaban J connectivity index is 2.51. The maximum absolute atomic E-state index is 5.92. The fourth-order valence-corrected chi connectivity index (χ4v) is 1.60. The zero-order chi connectivity index (χ0) is 10.1. The standard InChI is InChI=1S/C10H9ClN2O/c1-6-2-7(4-8(11)3-6)9-5-10(12)14-13-9/h2-5H,12H2,1H3. The number of rotatable bonds is 1. The predicted molar refractivity (Wildman–Crippen MR) is 56.1 cm³/mol. The van der Waals surface area contributed by atoms with Gasteiger partial charge >= 0.3 is 0 Å². The molecule has 0 amide bonds. The zero-order valence-electron chi connectivity index (χ0n) is 7.62. The molecule has 0 radical (unpaired) electrons. The molecule has 0 atom stereocenters. The number of nitrogens with two attached hydrogens (primary N) is 1. The molecule has 0 spiro atoms. The van der Waals surface area contributed by atoms with E-state index in [1.165, 1.54) is 0 Å². The summed E-state index contributed by atoms with van der Waals surface area (Å²) in [6, 6.07) is 7.36. The molecule has 72 valence electrons. The predicted octanol–water partition coefficient (Wildman–Crippen LogP) is 2.89. The van der Waals surface area contributed by atoms with Crippen LogP contribution < -0.4 is 5.73 Å². The molecule has 0 fully saturated rings. The Morgan fingerprint density at radius 3 is 2.64 bits per heavy atom. The van der Waals surface area contributed by atoms with Crippen LogP contribution in [-0.4, -0.2) is 5.16 Å². The summed E-state index contributed by atoms with van der Waals surface area (Å²) in [6.07, 6.45) is 0. The lowest BCUT2D eigenvalue weighted by Crippen LogP contribution is -1.80. The van der Waals surface area contributed by atoms with Gasteiger partial charge in [0.25, 0.3) is 0 Å². The number of halogens is 1. The molecule has 0 aliphatic heterocycles. The molecule has 3 nitrogen and oxygen atoms in total. The molecule has 4 heteroatoms. The van der Waals surface area contributed by atoms with Gasteiger partial charge in [0.2, 0.25) is 5.88 Å². The molecule has 0 unspecified atom stereocenters. The summed E-state index contributed by atoms with van der Waals surface area (Å²) in [4.78, 5) is 0. The van der Waals surface area contributed by atoms with Crippen molar-refractivity contribution >= 4 is 17.5 Å². The second-order valence-corrected chi connectivity index (χ2v) is 3.57. The lowest BCUT2D eigenvalue weighted by Gasteiger charge is -1.98. The topological polar surface area (TPSA) is 52.0 Å². The Morgan fingerprint density at radius 1 is 1.29 bits per heavy atom. The molecule has 0 saturated heterocycles. The van der Waals surface area contributed by atoms with E-state index in [-0.39, 0.29) is 0 Å². The van der Waals surface area contributed by atoms with Crippen molar-refractivity contribution in [1.29, 1.82) is 0 Å². The third-order valence-electron chi connectivity index (χ3n) is 1.87.